The second kappa shape index (κ2) is 4.69. The Labute approximate surface area is 119 Å². The molecule has 0 bridgehead atoms. The summed E-state index contributed by atoms with van der Waals surface area (Å²) in [7, 11) is 1.94. The van der Waals surface area contributed by atoms with Gasteiger partial charge in [0.05, 0.1) is 5.56 Å². The highest BCUT2D eigenvalue weighted by Gasteiger charge is 2.55. The zero-order valence-corrected chi connectivity index (χ0v) is 12.7. The van der Waals surface area contributed by atoms with Gasteiger partial charge in [-0.1, -0.05) is 22.9 Å². The monoisotopic (exact) mass is 335 g/mol. The number of nitrogens with zero attached hydrogens (tertiary/aromatic N) is 1. The molecule has 5 heteroatoms. The van der Waals surface area contributed by atoms with Gasteiger partial charge < -0.3 is 4.90 Å². The van der Waals surface area contributed by atoms with Crippen LogP contribution in [0.5, 0.6) is 0 Å². The first kappa shape index (κ1) is 14.7. The fraction of sp³-hybridized carbons (Fsp3) is 0.571. The molecule has 0 spiro atoms. The number of hydrogen-bond donors (Lipinski definition) is 0. The summed E-state index contributed by atoms with van der Waals surface area (Å²) in [6, 6.07) is 5.37. The average molecular weight is 336 g/mol. The van der Waals surface area contributed by atoms with Gasteiger partial charge in [-0.2, -0.15) is 13.2 Å². The number of halogens is 4. The molecule has 19 heavy (non-hydrogen) atoms. The lowest BCUT2D eigenvalue weighted by Crippen LogP contribution is -2.34. The second-order valence-corrected chi connectivity index (χ2v) is 6.89. The van der Waals surface area contributed by atoms with Crippen LogP contribution in [-0.4, -0.2) is 17.4 Å². The third-order valence-electron chi connectivity index (χ3n) is 4.17. The summed E-state index contributed by atoms with van der Waals surface area (Å²) in [4.78, 5) is 2.49. The summed E-state index contributed by atoms with van der Waals surface area (Å²) in [6.07, 6.45) is -3.22. The molecule has 0 amide bonds. The molecule has 1 saturated carbocycles. The van der Waals surface area contributed by atoms with Crippen LogP contribution in [0.1, 0.15) is 25.8 Å². The van der Waals surface area contributed by atoms with Crippen LogP contribution in [0.25, 0.3) is 0 Å². The Morgan fingerprint density at radius 2 is 1.84 bits per heavy atom. The van der Waals surface area contributed by atoms with E-state index in [2.05, 4.69) is 34.7 Å². The Balaban J connectivity index is 2.16. The number of benzene rings is 1. The highest BCUT2D eigenvalue weighted by Crippen LogP contribution is 2.52. The standard InChI is InChI=1S/C14H17BrF3N/c1-9(15)12-8-13(12,2)19(3)11-6-4-10(5-7-11)14(16,17)18/h4-7,9,12H,8H2,1-3H3. The van der Waals surface area contributed by atoms with E-state index in [4.69, 9.17) is 0 Å². The minimum Gasteiger partial charge on any atom is -0.369 e. The largest absolute Gasteiger partial charge is 0.416 e. The third-order valence-corrected chi connectivity index (χ3v) is 4.81. The van der Waals surface area contributed by atoms with Crippen LogP contribution in [0, 0.1) is 5.92 Å². The van der Waals surface area contributed by atoms with Crippen molar-refractivity contribution in [2.75, 3.05) is 11.9 Å². The van der Waals surface area contributed by atoms with Gasteiger partial charge >= 0.3 is 6.18 Å². The molecule has 0 N–H and O–H groups in total. The Morgan fingerprint density at radius 3 is 2.21 bits per heavy atom. The fourth-order valence-electron chi connectivity index (χ4n) is 2.60. The van der Waals surface area contributed by atoms with Gasteiger partial charge in [0, 0.05) is 23.1 Å². The maximum Gasteiger partial charge on any atom is 0.416 e. The van der Waals surface area contributed by atoms with Crippen molar-refractivity contribution in [1.29, 1.82) is 0 Å². The third kappa shape index (κ3) is 2.76. The lowest BCUT2D eigenvalue weighted by molar-refractivity contribution is -0.137. The van der Waals surface area contributed by atoms with Gasteiger partial charge in [0.25, 0.3) is 0 Å². The van der Waals surface area contributed by atoms with E-state index in [1.54, 1.807) is 12.1 Å². The first-order valence-electron chi connectivity index (χ1n) is 6.21. The lowest BCUT2D eigenvalue weighted by Gasteiger charge is -2.29. The molecule has 1 aromatic rings. The van der Waals surface area contributed by atoms with Crippen LogP contribution >= 0.6 is 15.9 Å². The van der Waals surface area contributed by atoms with E-state index in [0.717, 1.165) is 24.2 Å². The molecule has 1 aliphatic rings. The van der Waals surface area contributed by atoms with E-state index in [1.165, 1.54) is 0 Å². The van der Waals surface area contributed by atoms with Crippen LogP contribution < -0.4 is 4.90 Å². The van der Waals surface area contributed by atoms with Gasteiger partial charge in [-0.3, -0.25) is 0 Å². The quantitative estimate of drug-likeness (QED) is 0.723. The first-order valence-corrected chi connectivity index (χ1v) is 7.13. The number of rotatable bonds is 3. The molecule has 3 atom stereocenters. The summed E-state index contributed by atoms with van der Waals surface area (Å²) in [5.74, 6) is 0.528. The minimum atomic E-state index is -4.27. The van der Waals surface area contributed by atoms with Crippen molar-refractivity contribution < 1.29 is 13.2 Å². The molecule has 1 fully saturated rings. The van der Waals surface area contributed by atoms with Gasteiger partial charge in [0.2, 0.25) is 0 Å². The SMILES string of the molecule is CC(Br)C1CC1(C)N(C)c1ccc(C(F)(F)F)cc1. The topological polar surface area (TPSA) is 3.24 Å². The Morgan fingerprint density at radius 1 is 1.32 bits per heavy atom. The summed E-state index contributed by atoms with van der Waals surface area (Å²) >= 11 is 3.58. The zero-order valence-electron chi connectivity index (χ0n) is 11.1. The van der Waals surface area contributed by atoms with Crippen molar-refractivity contribution in [3.05, 3.63) is 29.8 Å². The van der Waals surface area contributed by atoms with Gasteiger partial charge in [0.1, 0.15) is 0 Å². The van der Waals surface area contributed by atoms with Crippen molar-refractivity contribution >= 4 is 21.6 Å². The van der Waals surface area contributed by atoms with Crippen LogP contribution in [0.3, 0.4) is 0 Å². The van der Waals surface area contributed by atoms with E-state index in [-0.39, 0.29) is 5.54 Å². The molecule has 0 aliphatic heterocycles. The molecule has 0 aromatic heterocycles. The fourth-order valence-corrected chi connectivity index (χ4v) is 3.35. The van der Waals surface area contributed by atoms with Crippen LogP contribution in [-0.2, 0) is 6.18 Å². The van der Waals surface area contributed by atoms with Crippen molar-refractivity contribution in [2.24, 2.45) is 5.92 Å². The smallest absolute Gasteiger partial charge is 0.369 e. The molecule has 106 valence electrons. The highest BCUT2D eigenvalue weighted by molar-refractivity contribution is 9.09. The van der Waals surface area contributed by atoms with Crippen molar-refractivity contribution in [2.45, 2.75) is 36.8 Å². The Bertz CT molecular complexity index is 455. The molecule has 0 radical (unpaired) electrons. The van der Waals surface area contributed by atoms with E-state index in [1.807, 2.05) is 7.05 Å². The maximum atomic E-state index is 12.5. The predicted octanol–water partition coefficient (Wildman–Crippen LogP) is 4.70. The Hall–Kier alpha value is -0.710. The molecule has 1 aromatic carbocycles. The van der Waals surface area contributed by atoms with Gasteiger partial charge in [0.15, 0.2) is 0 Å². The highest BCUT2D eigenvalue weighted by atomic mass is 79.9. The van der Waals surface area contributed by atoms with E-state index < -0.39 is 11.7 Å². The van der Waals surface area contributed by atoms with Crippen molar-refractivity contribution in [3.8, 4) is 0 Å². The molecule has 2 rings (SSSR count). The van der Waals surface area contributed by atoms with Gasteiger partial charge in [-0.25, -0.2) is 0 Å². The summed E-state index contributed by atoms with van der Waals surface area (Å²) in [5, 5.41) is 0. The van der Waals surface area contributed by atoms with E-state index in [0.29, 0.717) is 10.7 Å². The normalized spacial score (nSPS) is 28.1. The van der Waals surface area contributed by atoms with Gasteiger partial charge in [-0.15, -0.1) is 0 Å². The van der Waals surface area contributed by atoms with Crippen molar-refractivity contribution in [1.82, 2.24) is 0 Å². The minimum absolute atomic E-state index is 0.0304. The summed E-state index contributed by atoms with van der Waals surface area (Å²) in [6.45, 7) is 4.25. The van der Waals surface area contributed by atoms with Crippen molar-refractivity contribution in [3.63, 3.8) is 0 Å². The number of hydrogen-bond acceptors (Lipinski definition) is 1. The molecule has 3 unspecified atom stereocenters. The van der Waals surface area contributed by atoms with Crippen LogP contribution in [0.15, 0.2) is 24.3 Å². The van der Waals surface area contributed by atoms with Crippen LogP contribution in [0.4, 0.5) is 18.9 Å². The maximum absolute atomic E-state index is 12.5. The number of anilines is 1. The average Bonchev–Trinajstić information content (AvgIpc) is 3.01. The zero-order chi connectivity index (χ0) is 14.4. The molecule has 0 saturated heterocycles. The van der Waals surface area contributed by atoms with E-state index in [9.17, 15) is 13.2 Å². The molecule has 1 nitrogen and oxygen atoms in total. The second-order valence-electron chi connectivity index (χ2n) is 5.45. The predicted molar refractivity (Wildman–Crippen MR) is 74.7 cm³/mol. The molecule has 1 aliphatic carbocycles. The molecular weight excluding hydrogens is 319 g/mol. The van der Waals surface area contributed by atoms with E-state index >= 15 is 0 Å². The summed E-state index contributed by atoms with van der Waals surface area (Å²) < 4.78 is 37.5. The van der Waals surface area contributed by atoms with Gasteiger partial charge in [-0.05, 0) is 43.5 Å². The Kier molecular flexibility index (Phi) is 3.62. The summed E-state index contributed by atoms with van der Waals surface area (Å²) in [5.41, 5.74) is 0.255. The number of alkyl halides is 4. The molecular formula is C14H17BrF3N. The first-order chi connectivity index (χ1) is 8.66. The van der Waals surface area contributed by atoms with Crippen LogP contribution in [0.2, 0.25) is 0 Å². The molecule has 0 heterocycles. The lowest BCUT2D eigenvalue weighted by atomic mass is 10.1.